The van der Waals surface area contributed by atoms with Gasteiger partial charge in [0, 0.05) is 22.0 Å². The zero-order chi connectivity index (χ0) is 16.2. The van der Waals surface area contributed by atoms with Crippen molar-refractivity contribution in [3.05, 3.63) is 57.2 Å². The first kappa shape index (κ1) is 16.5. The van der Waals surface area contributed by atoms with Crippen LogP contribution in [0.2, 0.25) is 5.02 Å². The zero-order valence-electron chi connectivity index (χ0n) is 13.2. The summed E-state index contributed by atoms with van der Waals surface area (Å²) < 4.78 is 0. The highest BCUT2D eigenvalue weighted by molar-refractivity contribution is 7.09. The normalized spacial score (nSPS) is 15.6. The molecule has 1 fully saturated rings. The van der Waals surface area contributed by atoms with Crippen LogP contribution in [0.1, 0.15) is 36.2 Å². The van der Waals surface area contributed by atoms with Gasteiger partial charge in [-0.25, -0.2) is 0 Å². The van der Waals surface area contributed by atoms with E-state index >= 15 is 0 Å². The molecular formula is C18H21ClN2OS. The van der Waals surface area contributed by atoms with E-state index < -0.39 is 0 Å². The molecular weight excluding hydrogens is 328 g/mol. The average molecular weight is 349 g/mol. The van der Waals surface area contributed by atoms with Gasteiger partial charge in [-0.15, -0.1) is 11.3 Å². The number of nitrogens with one attached hydrogen (secondary N) is 1. The van der Waals surface area contributed by atoms with E-state index in [4.69, 9.17) is 11.6 Å². The molecule has 122 valence electrons. The Bertz CT molecular complexity index is 655. The van der Waals surface area contributed by atoms with Crippen LogP contribution >= 0.6 is 22.9 Å². The first-order valence-electron chi connectivity index (χ1n) is 7.94. The molecule has 23 heavy (non-hydrogen) atoms. The summed E-state index contributed by atoms with van der Waals surface area (Å²) in [6, 6.07) is 12.6. The van der Waals surface area contributed by atoms with Gasteiger partial charge in [0.05, 0.1) is 13.1 Å². The summed E-state index contributed by atoms with van der Waals surface area (Å²) in [5, 5.41) is 5.81. The molecule has 0 aliphatic heterocycles. The molecule has 1 N–H and O–H groups in total. The maximum atomic E-state index is 12.3. The van der Waals surface area contributed by atoms with Crippen molar-refractivity contribution in [1.82, 2.24) is 10.2 Å². The predicted molar refractivity (Wildman–Crippen MR) is 95.8 cm³/mol. The molecule has 0 spiro atoms. The molecule has 1 aromatic heterocycles. The van der Waals surface area contributed by atoms with Crippen LogP contribution in [0.3, 0.4) is 0 Å². The van der Waals surface area contributed by atoms with Gasteiger partial charge >= 0.3 is 0 Å². The summed E-state index contributed by atoms with van der Waals surface area (Å²) in [5.41, 5.74) is 1.09. The van der Waals surface area contributed by atoms with Crippen molar-refractivity contribution in [1.29, 1.82) is 0 Å². The lowest BCUT2D eigenvalue weighted by molar-refractivity contribution is -0.123. The number of hydrogen-bond acceptors (Lipinski definition) is 3. The Kier molecular flexibility index (Phi) is 5.36. The Balaban J connectivity index is 1.62. The first-order valence-corrected chi connectivity index (χ1v) is 9.20. The van der Waals surface area contributed by atoms with Crippen LogP contribution < -0.4 is 5.32 Å². The van der Waals surface area contributed by atoms with Crippen LogP contribution in [0.5, 0.6) is 0 Å². The Morgan fingerprint density at radius 1 is 1.35 bits per heavy atom. The largest absolute Gasteiger partial charge is 0.350 e. The smallest absolute Gasteiger partial charge is 0.234 e. The Morgan fingerprint density at radius 3 is 2.78 bits per heavy atom. The SMILES string of the molecule is CC(c1ccccc1Cl)N(CC(=O)NCc1cccs1)C1CC1. The van der Waals surface area contributed by atoms with Crippen LogP contribution in [0.15, 0.2) is 41.8 Å². The minimum Gasteiger partial charge on any atom is -0.350 e. The van der Waals surface area contributed by atoms with Crippen molar-refractivity contribution < 1.29 is 4.79 Å². The van der Waals surface area contributed by atoms with Crippen LogP contribution in [0.25, 0.3) is 0 Å². The third-order valence-electron chi connectivity index (χ3n) is 4.23. The summed E-state index contributed by atoms with van der Waals surface area (Å²) in [7, 11) is 0. The molecule has 1 aliphatic carbocycles. The van der Waals surface area contributed by atoms with Gasteiger partial charge in [0.25, 0.3) is 0 Å². The maximum Gasteiger partial charge on any atom is 0.234 e. The van der Waals surface area contributed by atoms with Gasteiger partial charge in [-0.05, 0) is 42.8 Å². The van der Waals surface area contributed by atoms with Crippen molar-refractivity contribution in [3.63, 3.8) is 0 Å². The van der Waals surface area contributed by atoms with E-state index in [1.54, 1.807) is 11.3 Å². The number of carbonyl (C=O) groups excluding carboxylic acids is 1. The van der Waals surface area contributed by atoms with Crippen LogP contribution in [0.4, 0.5) is 0 Å². The molecule has 1 atom stereocenters. The molecule has 5 heteroatoms. The molecule has 1 unspecified atom stereocenters. The van der Waals surface area contributed by atoms with Crippen molar-refractivity contribution >= 4 is 28.8 Å². The van der Waals surface area contributed by atoms with E-state index in [-0.39, 0.29) is 11.9 Å². The number of thiophene rings is 1. The van der Waals surface area contributed by atoms with Gasteiger partial charge < -0.3 is 5.32 Å². The minimum atomic E-state index is 0.0733. The lowest BCUT2D eigenvalue weighted by atomic mass is 10.1. The topological polar surface area (TPSA) is 32.3 Å². The second kappa shape index (κ2) is 7.47. The fourth-order valence-electron chi connectivity index (χ4n) is 2.80. The van der Waals surface area contributed by atoms with Crippen LogP contribution in [-0.2, 0) is 11.3 Å². The van der Waals surface area contributed by atoms with Crippen LogP contribution in [-0.4, -0.2) is 23.4 Å². The quantitative estimate of drug-likeness (QED) is 0.811. The number of nitrogens with zero attached hydrogens (tertiary/aromatic N) is 1. The number of rotatable bonds is 7. The second-order valence-corrected chi connectivity index (χ2v) is 7.40. The summed E-state index contributed by atoms with van der Waals surface area (Å²) in [4.78, 5) is 15.8. The van der Waals surface area contributed by atoms with Crippen molar-refractivity contribution in [2.75, 3.05) is 6.54 Å². The predicted octanol–water partition coefficient (Wildman–Crippen LogP) is 4.24. The highest BCUT2D eigenvalue weighted by Gasteiger charge is 2.34. The molecule has 1 amide bonds. The van der Waals surface area contributed by atoms with Gasteiger partial charge in [-0.3, -0.25) is 9.69 Å². The van der Waals surface area contributed by atoms with Crippen molar-refractivity contribution in [3.8, 4) is 0 Å². The lowest BCUT2D eigenvalue weighted by Crippen LogP contribution is -2.39. The van der Waals surface area contributed by atoms with E-state index in [2.05, 4.69) is 17.1 Å². The fraction of sp³-hybridized carbons (Fsp3) is 0.389. The average Bonchev–Trinajstić information content (AvgIpc) is 3.25. The first-order chi connectivity index (χ1) is 11.1. The third kappa shape index (κ3) is 4.34. The van der Waals surface area contributed by atoms with E-state index in [0.717, 1.165) is 23.4 Å². The molecule has 3 nitrogen and oxygen atoms in total. The van der Waals surface area contributed by atoms with Gasteiger partial charge in [-0.1, -0.05) is 35.9 Å². The monoisotopic (exact) mass is 348 g/mol. The molecule has 1 saturated carbocycles. The Labute approximate surface area is 146 Å². The number of halogens is 1. The van der Waals surface area contributed by atoms with Crippen LogP contribution in [0, 0.1) is 0 Å². The summed E-state index contributed by atoms with van der Waals surface area (Å²) >= 11 is 7.99. The summed E-state index contributed by atoms with van der Waals surface area (Å²) in [6.07, 6.45) is 2.32. The maximum absolute atomic E-state index is 12.3. The molecule has 0 saturated heterocycles. The second-order valence-electron chi connectivity index (χ2n) is 5.96. The third-order valence-corrected chi connectivity index (χ3v) is 5.46. The van der Waals surface area contributed by atoms with Gasteiger partial charge in [0.1, 0.15) is 0 Å². The fourth-order valence-corrected chi connectivity index (χ4v) is 3.74. The number of carbonyl (C=O) groups is 1. The van der Waals surface area contributed by atoms with E-state index in [0.29, 0.717) is 19.1 Å². The molecule has 3 rings (SSSR count). The van der Waals surface area contributed by atoms with Gasteiger partial charge in [0.2, 0.25) is 5.91 Å². The molecule has 1 aliphatic rings. The molecule has 0 radical (unpaired) electrons. The highest BCUT2D eigenvalue weighted by atomic mass is 35.5. The lowest BCUT2D eigenvalue weighted by Gasteiger charge is -2.29. The van der Waals surface area contributed by atoms with Gasteiger partial charge in [0.15, 0.2) is 0 Å². The minimum absolute atomic E-state index is 0.0733. The summed E-state index contributed by atoms with van der Waals surface area (Å²) in [6.45, 7) is 3.16. The Hall–Kier alpha value is -1.36. The van der Waals surface area contributed by atoms with Gasteiger partial charge in [-0.2, -0.15) is 0 Å². The van der Waals surface area contributed by atoms with Crippen molar-refractivity contribution in [2.45, 2.75) is 38.4 Å². The van der Waals surface area contributed by atoms with Crippen molar-refractivity contribution in [2.24, 2.45) is 0 Å². The Morgan fingerprint density at radius 2 is 2.13 bits per heavy atom. The molecule has 0 bridgehead atoms. The van der Waals surface area contributed by atoms with E-state index in [9.17, 15) is 4.79 Å². The van der Waals surface area contributed by atoms with E-state index in [1.165, 1.54) is 4.88 Å². The van der Waals surface area contributed by atoms with E-state index in [1.807, 2.05) is 41.8 Å². The zero-order valence-corrected chi connectivity index (χ0v) is 14.7. The highest BCUT2D eigenvalue weighted by Crippen LogP contribution is 2.36. The number of amides is 1. The standard InChI is InChI=1S/C18H21ClN2OS/c1-13(16-6-2-3-7-17(16)19)21(14-8-9-14)12-18(22)20-11-15-5-4-10-23-15/h2-7,10,13-14H,8-9,11-12H2,1H3,(H,20,22). The number of benzene rings is 1. The summed E-state index contributed by atoms with van der Waals surface area (Å²) in [5.74, 6) is 0.0733. The molecule has 2 aromatic rings. The molecule has 1 aromatic carbocycles. The molecule has 1 heterocycles. The number of hydrogen-bond donors (Lipinski definition) is 1.